The highest BCUT2D eigenvalue weighted by molar-refractivity contribution is 9.11. The van der Waals surface area contributed by atoms with Crippen LogP contribution in [0, 0.1) is 17.1 Å². The molecule has 0 fully saturated rings. The first-order valence-electron chi connectivity index (χ1n) is 5.21. The Morgan fingerprint density at radius 1 is 1.42 bits per heavy atom. The standard InChI is InChI=1S/C13H7BrFNO2S/c14-13-4-3-12(19-13)11(17)7-18-9-2-1-8(6-16)10(15)5-9/h1-5H,7H2. The zero-order valence-corrected chi connectivity index (χ0v) is 11.9. The van der Waals surface area contributed by atoms with Gasteiger partial charge in [0.15, 0.2) is 6.61 Å². The van der Waals surface area contributed by atoms with E-state index in [-0.39, 0.29) is 23.7 Å². The van der Waals surface area contributed by atoms with Gasteiger partial charge in [0, 0.05) is 6.07 Å². The maximum absolute atomic E-state index is 13.3. The number of rotatable bonds is 4. The monoisotopic (exact) mass is 339 g/mol. The Morgan fingerprint density at radius 2 is 2.21 bits per heavy atom. The molecule has 0 spiro atoms. The highest BCUT2D eigenvalue weighted by atomic mass is 79.9. The number of carbonyl (C=O) groups is 1. The van der Waals surface area contributed by atoms with Crippen molar-refractivity contribution in [3.63, 3.8) is 0 Å². The topological polar surface area (TPSA) is 50.1 Å². The summed E-state index contributed by atoms with van der Waals surface area (Å²) in [5.41, 5.74) is -0.0548. The van der Waals surface area contributed by atoms with Crippen molar-refractivity contribution in [1.82, 2.24) is 0 Å². The van der Waals surface area contributed by atoms with Crippen molar-refractivity contribution in [1.29, 1.82) is 5.26 Å². The fourth-order valence-corrected chi connectivity index (χ4v) is 2.67. The van der Waals surface area contributed by atoms with Crippen LogP contribution in [0.5, 0.6) is 5.75 Å². The minimum Gasteiger partial charge on any atom is -0.485 e. The summed E-state index contributed by atoms with van der Waals surface area (Å²) >= 11 is 4.58. The van der Waals surface area contributed by atoms with Gasteiger partial charge in [0.1, 0.15) is 17.6 Å². The summed E-state index contributed by atoms with van der Waals surface area (Å²) in [5.74, 6) is -0.618. The van der Waals surface area contributed by atoms with Crippen molar-refractivity contribution in [3.05, 3.63) is 50.4 Å². The van der Waals surface area contributed by atoms with Crippen LogP contribution < -0.4 is 4.74 Å². The lowest BCUT2D eigenvalue weighted by Crippen LogP contribution is -2.10. The molecular formula is C13H7BrFNO2S. The van der Waals surface area contributed by atoms with E-state index in [1.165, 1.54) is 23.5 Å². The molecule has 0 amide bonds. The van der Waals surface area contributed by atoms with Gasteiger partial charge in [-0.15, -0.1) is 11.3 Å². The first kappa shape index (κ1) is 13.7. The molecule has 2 rings (SSSR count). The zero-order chi connectivity index (χ0) is 13.8. The summed E-state index contributed by atoms with van der Waals surface area (Å²) in [6.45, 7) is -0.168. The Hall–Kier alpha value is -1.71. The number of ketones is 1. The second-order valence-corrected chi connectivity index (χ2v) is 6.03. The number of halogens is 2. The van der Waals surface area contributed by atoms with Gasteiger partial charge in [0.25, 0.3) is 0 Å². The lowest BCUT2D eigenvalue weighted by molar-refractivity contribution is 0.0925. The normalized spacial score (nSPS) is 9.95. The highest BCUT2D eigenvalue weighted by Crippen LogP contribution is 2.23. The fraction of sp³-hybridized carbons (Fsp3) is 0.0769. The van der Waals surface area contributed by atoms with Crippen LogP contribution in [0.3, 0.4) is 0 Å². The van der Waals surface area contributed by atoms with Gasteiger partial charge in [-0.3, -0.25) is 4.79 Å². The predicted molar refractivity (Wildman–Crippen MR) is 73.0 cm³/mol. The van der Waals surface area contributed by atoms with Crippen LogP contribution in [0.2, 0.25) is 0 Å². The molecule has 0 bridgehead atoms. The van der Waals surface area contributed by atoms with Crippen molar-refractivity contribution in [2.75, 3.05) is 6.61 Å². The van der Waals surface area contributed by atoms with Crippen molar-refractivity contribution in [3.8, 4) is 11.8 Å². The molecule has 0 atom stereocenters. The van der Waals surface area contributed by atoms with Crippen LogP contribution in [0.1, 0.15) is 15.2 Å². The largest absolute Gasteiger partial charge is 0.485 e. The van der Waals surface area contributed by atoms with E-state index >= 15 is 0 Å². The van der Waals surface area contributed by atoms with Crippen molar-refractivity contribution >= 4 is 33.0 Å². The quantitative estimate of drug-likeness (QED) is 0.796. The predicted octanol–water partition coefficient (Wildman–Crippen LogP) is 3.78. The summed E-state index contributed by atoms with van der Waals surface area (Å²) in [4.78, 5) is 12.3. The molecule has 1 aromatic carbocycles. The third-order valence-corrected chi connectivity index (χ3v) is 3.94. The number of nitrogens with zero attached hydrogens (tertiary/aromatic N) is 1. The molecular weight excluding hydrogens is 333 g/mol. The van der Waals surface area contributed by atoms with Crippen LogP contribution in [0.15, 0.2) is 34.1 Å². The molecule has 1 aromatic heterocycles. The first-order chi connectivity index (χ1) is 9.10. The number of hydrogen-bond donors (Lipinski definition) is 0. The Bertz CT molecular complexity index is 663. The fourth-order valence-electron chi connectivity index (χ4n) is 1.36. The minimum absolute atomic E-state index is 0.0548. The third kappa shape index (κ3) is 3.40. The molecule has 1 heterocycles. The molecule has 3 nitrogen and oxygen atoms in total. The van der Waals surface area contributed by atoms with Crippen LogP contribution >= 0.6 is 27.3 Å². The van der Waals surface area contributed by atoms with Gasteiger partial charge in [-0.05, 0) is 40.2 Å². The van der Waals surface area contributed by atoms with E-state index in [4.69, 9.17) is 10.00 Å². The van der Waals surface area contributed by atoms with Gasteiger partial charge >= 0.3 is 0 Å². The zero-order valence-electron chi connectivity index (χ0n) is 9.52. The van der Waals surface area contributed by atoms with E-state index in [2.05, 4.69) is 15.9 Å². The molecule has 0 aliphatic carbocycles. The average Bonchev–Trinajstić information content (AvgIpc) is 2.83. The number of hydrogen-bond acceptors (Lipinski definition) is 4. The molecule has 19 heavy (non-hydrogen) atoms. The Labute approximate surface area is 121 Å². The minimum atomic E-state index is -0.661. The van der Waals surface area contributed by atoms with Gasteiger partial charge < -0.3 is 4.74 Å². The van der Waals surface area contributed by atoms with Gasteiger partial charge in [0.2, 0.25) is 5.78 Å². The Kier molecular flexibility index (Phi) is 4.30. The molecule has 0 aliphatic heterocycles. The first-order valence-corrected chi connectivity index (χ1v) is 6.82. The molecule has 0 saturated heterocycles. The van der Waals surface area contributed by atoms with Crippen molar-refractivity contribution < 1.29 is 13.9 Å². The number of carbonyl (C=O) groups excluding carboxylic acids is 1. The second kappa shape index (κ2) is 5.95. The molecule has 0 aliphatic rings. The maximum atomic E-state index is 13.3. The van der Waals surface area contributed by atoms with Gasteiger partial charge in [-0.2, -0.15) is 5.26 Å². The number of ether oxygens (including phenoxy) is 1. The molecule has 6 heteroatoms. The molecule has 0 unspecified atom stereocenters. The second-order valence-electron chi connectivity index (χ2n) is 3.57. The lowest BCUT2D eigenvalue weighted by Gasteiger charge is -2.04. The molecule has 0 saturated carbocycles. The van der Waals surface area contributed by atoms with Crippen LogP contribution in [-0.2, 0) is 0 Å². The van der Waals surface area contributed by atoms with E-state index in [0.717, 1.165) is 9.85 Å². The van der Waals surface area contributed by atoms with Crippen LogP contribution in [0.4, 0.5) is 4.39 Å². The summed E-state index contributed by atoms with van der Waals surface area (Å²) in [5, 5.41) is 8.59. The summed E-state index contributed by atoms with van der Waals surface area (Å²) in [7, 11) is 0. The number of nitriles is 1. The average molecular weight is 340 g/mol. The van der Waals surface area contributed by atoms with Crippen LogP contribution in [-0.4, -0.2) is 12.4 Å². The summed E-state index contributed by atoms with van der Waals surface area (Å²) < 4.78 is 19.4. The maximum Gasteiger partial charge on any atom is 0.210 e. The molecule has 2 aromatic rings. The van der Waals surface area contributed by atoms with E-state index in [1.807, 2.05) is 0 Å². The van der Waals surface area contributed by atoms with Crippen molar-refractivity contribution in [2.45, 2.75) is 0 Å². The van der Waals surface area contributed by atoms with E-state index in [9.17, 15) is 9.18 Å². The smallest absolute Gasteiger partial charge is 0.210 e. The lowest BCUT2D eigenvalue weighted by atomic mass is 10.2. The summed E-state index contributed by atoms with van der Waals surface area (Å²) in [6.07, 6.45) is 0. The Morgan fingerprint density at radius 3 is 2.79 bits per heavy atom. The Balaban J connectivity index is 2.01. The van der Waals surface area contributed by atoms with Crippen molar-refractivity contribution in [2.24, 2.45) is 0 Å². The molecule has 0 radical (unpaired) electrons. The van der Waals surface area contributed by atoms with E-state index in [1.54, 1.807) is 18.2 Å². The van der Waals surface area contributed by atoms with E-state index in [0.29, 0.717) is 4.88 Å². The number of benzene rings is 1. The SMILES string of the molecule is N#Cc1ccc(OCC(=O)c2ccc(Br)s2)cc1F. The molecule has 0 N–H and O–H groups in total. The van der Waals surface area contributed by atoms with Crippen LogP contribution in [0.25, 0.3) is 0 Å². The van der Waals surface area contributed by atoms with Gasteiger partial charge in [-0.1, -0.05) is 0 Å². The number of thiophene rings is 1. The summed E-state index contributed by atoms with van der Waals surface area (Å²) in [6, 6.07) is 9.05. The van der Waals surface area contributed by atoms with Gasteiger partial charge in [-0.25, -0.2) is 4.39 Å². The molecule has 96 valence electrons. The number of Topliss-reactive ketones (excluding diaryl/α,β-unsaturated/α-hetero) is 1. The highest BCUT2D eigenvalue weighted by Gasteiger charge is 2.10. The van der Waals surface area contributed by atoms with E-state index < -0.39 is 5.82 Å². The van der Waals surface area contributed by atoms with Gasteiger partial charge in [0.05, 0.1) is 14.2 Å². The third-order valence-electron chi connectivity index (χ3n) is 2.28.